The minimum atomic E-state index is -0.125. The van der Waals surface area contributed by atoms with Crippen molar-refractivity contribution in [2.45, 2.75) is 51.1 Å². The fraction of sp³-hybridized carbons (Fsp3) is 0.667. The van der Waals surface area contributed by atoms with E-state index in [1.165, 1.54) is 38.2 Å². The summed E-state index contributed by atoms with van der Waals surface area (Å²) in [6.45, 7) is 2.17. The minimum Gasteiger partial charge on any atom is -0.307 e. The molecular formula is C18H24FN. The van der Waals surface area contributed by atoms with Crippen LogP contribution >= 0.6 is 0 Å². The van der Waals surface area contributed by atoms with E-state index in [4.69, 9.17) is 0 Å². The number of hydrogen-bond acceptors (Lipinski definition) is 1. The van der Waals surface area contributed by atoms with Gasteiger partial charge in [0.05, 0.1) is 0 Å². The Morgan fingerprint density at radius 1 is 1.15 bits per heavy atom. The second kappa shape index (κ2) is 4.84. The predicted octanol–water partition coefficient (Wildman–Crippen LogP) is 4.30. The minimum absolute atomic E-state index is 0.125. The van der Waals surface area contributed by atoms with E-state index in [2.05, 4.69) is 12.2 Å². The van der Waals surface area contributed by atoms with E-state index in [-0.39, 0.29) is 11.9 Å². The largest absolute Gasteiger partial charge is 0.307 e. The molecule has 5 unspecified atom stereocenters. The first kappa shape index (κ1) is 12.8. The van der Waals surface area contributed by atoms with Crippen LogP contribution in [0.15, 0.2) is 24.3 Å². The number of benzene rings is 1. The molecule has 0 spiro atoms. The average Bonchev–Trinajstić information content (AvgIpc) is 3.10. The summed E-state index contributed by atoms with van der Waals surface area (Å²) in [5.41, 5.74) is 1.08. The van der Waals surface area contributed by atoms with Gasteiger partial charge in [-0.25, -0.2) is 4.39 Å². The van der Waals surface area contributed by atoms with Crippen LogP contribution in [0.2, 0.25) is 0 Å². The smallest absolute Gasteiger partial charge is 0.123 e. The van der Waals surface area contributed by atoms with Gasteiger partial charge in [-0.1, -0.05) is 18.6 Å². The topological polar surface area (TPSA) is 12.0 Å². The van der Waals surface area contributed by atoms with Gasteiger partial charge in [0, 0.05) is 12.1 Å². The van der Waals surface area contributed by atoms with Crippen LogP contribution in [0.4, 0.5) is 4.39 Å². The molecule has 0 saturated heterocycles. The van der Waals surface area contributed by atoms with E-state index < -0.39 is 0 Å². The van der Waals surface area contributed by atoms with Gasteiger partial charge in [-0.05, 0) is 74.0 Å². The normalized spacial score (nSPS) is 40.0. The number of rotatable bonds is 3. The van der Waals surface area contributed by atoms with Crippen LogP contribution in [0, 0.1) is 29.5 Å². The molecule has 1 N–H and O–H groups in total. The van der Waals surface area contributed by atoms with E-state index in [9.17, 15) is 4.39 Å². The average molecular weight is 273 g/mol. The third kappa shape index (κ3) is 2.00. The second-order valence-electron chi connectivity index (χ2n) is 7.20. The van der Waals surface area contributed by atoms with Crippen molar-refractivity contribution in [3.63, 3.8) is 0 Å². The third-order valence-electron chi connectivity index (χ3n) is 6.24. The molecule has 0 aliphatic heterocycles. The van der Waals surface area contributed by atoms with Crippen molar-refractivity contribution in [2.75, 3.05) is 0 Å². The van der Waals surface area contributed by atoms with E-state index >= 15 is 0 Å². The zero-order valence-corrected chi connectivity index (χ0v) is 12.2. The van der Waals surface area contributed by atoms with Crippen LogP contribution in [0.1, 0.15) is 50.6 Å². The zero-order valence-electron chi connectivity index (χ0n) is 12.2. The molecule has 1 aromatic carbocycles. The molecule has 2 heteroatoms. The Balaban J connectivity index is 1.45. The summed E-state index contributed by atoms with van der Waals surface area (Å²) >= 11 is 0. The Bertz CT molecular complexity index is 500. The van der Waals surface area contributed by atoms with E-state index in [0.29, 0.717) is 6.04 Å². The van der Waals surface area contributed by atoms with Crippen LogP contribution in [-0.4, -0.2) is 6.04 Å². The molecule has 2 bridgehead atoms. The number of nitrogens with one attached hydrogen (secondary N) is 1. The summed E-state index contributed by atoms with van der Waals surface area (Å²) in [6, 6.07) is 7.97. The third-order valence-corrected chi connectivity index (χ3v) is 6.24. The summed E-state index contributed by atoms with van der Waals surface area (Å²) in [5.74, 6) is 3.78. The molecule has 0 heterocycles. The van der Waals surface area contributed by atoms with Gasteiger partial charge in [0.15, 0.2) is 0 Å². The lowest BCUT2D eigenvalue weighted by Crippen LogP contribution is -2.40. The highest BCUT2D eigenvalue weighted by Gasteiger charge is 2.53. The molecule has 0 aromatic heterocycles. The second-order valence-corrected chi connectivity index (χ2v) is 7.20. The van der Waals surface area contributed by atoms with E-state index in [1.807, 2.05) is 12.1 Å². The molecule has 3 aliphatic carbocycles. The summed E-state index contributed by atoms with van der Waals surface area (Å²) in [7, 11) is 0. The monoisotopic (exact) mass is 273 g/mol. The van der Waals surface area contributed by atoms with Gasteiger partial charge in [-0.15, -0.1) is 0 Å². The Labute approximate surface area is 121 Å². The van der Waals surface area contributed by atoms with Crippen molar-refractivity contribution in [2.24, 2.45) is 23.7 Å². The van der Waals surface area contributed by atoms with E-state index in [0.717, 1.165) is 29.2 Å². The molecule has 4 rings (SSSR count). The van der Waals surface area contributed by atoms with Gasteiger partial charge >= 0.3 is 0 Å². The number of fused-ring (bicyclic) bond motifs is 5. The van der Waals surface area contributed by atoms with Gasteiger partial charge in [-0.3, -0.25) is 0 Å². The molecular weight excluding hydrogens is 249 g/mol. The van der Waals surface area contributed by atoms with Crippen molar-refractivity contribution < 1.29 is 4.39 Å². The van der Waals surface area contributed by atoms with Gasteiger partial charge < -0.3 is 5.32 Å². The predicted molar refractivity (Wildman–Crippen MR) is 78.8 cm³/mol. The van der Waals surface area contributed by atoms with E-state index in [1.54, 1.807) is 6.07 Å². The maximum absolute atomic E-state index is 13.3. The SMILES string of the molecule is C[C@@H](NC1CC2CC1C1CCCC21)c1cccc(F)c1. The first-order chi connectivity index (χ1) is 9.72. The molecule has 20 heavy (non-hydrogen) atoms. The highest BCUT2D eigenvalue weighted by molar-refractivity contribution is 5.20. The lowest BCUT2D eigenvalue weighted by Gasteiger charge is -2.34. The maximum atomic E-state index is 13.3. The molecule has 3 aliphatic rings. The van der Waals surface area contributed by atoms with Crippen LogP contribution in [0.5, 0.6) is 0 Å². The van der Waals surface area contributed by atoms with Crippen LogP contribution in [0.3, 0.4) is 0 Å². The molecule has 0 amide bonds. The number of hydrogen-bond donors (Lipinski definition) is 1. The molecule has 0 radical (unpaired) electrons. The fourth-order valence-corrected chi connectivity index (χ4v) is 5.45. The standard InChI is InChI=1S/C18H24FN/c1-11(12-4-2-5-14(19)8-12)20-18-10-13-9-17(18)16-7-3-6-15(13)16/h2,4-5,8,11,13,15-18,20H,3,6-7,9-10H2,1H3/t11-,13?,15?,16?,17?,18?/m1/s1. The summed E-state index contributed by atoms with van der Waals surface area (Å²) < 4.78 is 13.3. The molecule has 1 aromatic rings. The van der Waals surface area contributed by atoms with Gasteiger partial charge in [0.1, 0.15) is 5.82 Å². The summed E-state index contributed by atoms with van der Waals surface area (Å²) in [4.78, 5) is 0. The maximum Gasteiger partial charge on any atom is 0.123 e. The first-order valence-electron chi connectivity index (χ1n) is 8.24. The fourth-order valence-electron chi connectivity index (χ4n) is 5.45. The molecule has 6 atom stereocenters. The Morgan fingerprint density at radius 2 is 2.00 bits per heavy atom. The molecule has 3 saturated carbocycles. The molecule has 3 fully saturated rings. The van der Waals surface area contributed by atoms with Gasteiger partial charge in [-0.2, -0.15) is 0 Å². The van der Waals surface area contributed by atoms with Gasteiger partial charge in [0.2, 0.25) is 0 Å². The quantitative estimate of drug-likeness (QED) is 0.865. The van der Waals surface area contributed by atoms with Crippen molar-refractivity contribution in [1.29, 1.82) is 0 Å². The zero-order chi connectivity index (χ0) is 13.7. The highest BCUT2D eigenvalue weighted by Crippen LogP contribution is 2.58. The highest BCUT2D eigenvalue weighted by atomic mass is 19.1. The van der Waals surface area contributed by atoms with Crippen molar-refractivity contribution in [1.82, 2.24) is 5.32 Å². The lowest BCUT2D eigenvalue weighted by molar-refractivity contribution is 0.200. The van der Waals surface area contributed by atoms with Gasteiger partial charge in [0.25, 0.3) is 0 Å². The Hall–Kier alpha value is -0.890. The summed E-state index contributed by atoms with van der Waals surface area (Å²) in [6.07, 6.45) is 7.19. The lowest BCUT2D eigenvalue weighted by atomic mass is 9.79. The van der Waals surface area contributed by atoms with Crippen molar-refractivity contribution in [3.8, 4) is 0 Å². The van der Waals surface area contributed by atoms with Crippen molar-refractivity contribution >= 4 is 0 Å². The van der Waals surface area contributed by atoms with Crippen LogP contribution < -0.4 is 5.32 Å². The Morgan fingerprint density at radius 3 is 2.85 bits per heavy atom. The van der Waals surface area contributed by atoms with Crippen molar-refractivity contribution in [3.05, 3.63) is 35.6 Å². The molecule has 108 valence electrons. The Kier molecular flexibility index (Phi) is 3.10. The van der Waals surface area contributed by atoms with Crippen LogP contribution in [0.25, 0.3) is 0 Å². The first-order valence-corrected chi connectivity index (χ1v) is 8.24. The van der Waals surface area contributed by atoms with Crippen LogP contribution in [-0.2, 0) is 0 Å². The number of halogens is 1. The summed E-state index contributed by atoms with van der Waals surface area (Å²) in [5, 5.41) is 3.80. The molecule has 1 nitrogen and oxygen atoms in total.